The first kappa shape index (κ1) is 90.6. The Morgan fingerprint density at radius 1 is 0.591 bits per heavy atom. The second-order valence-electron chi connectivity index (χ2n) is 0.0833. The molecular weight excluding hydrogens is 555 g/mol. The van der Waals surface area contributed by atoms with Gasteiger partial charge in [0.2, 0.25) is 0 Å². The van der Waals surface area contributed by atoms with Gasteiger partial charge in [-0.15, -0.1) is 0 Å². The molecule has 22 heavy (non-hydrogen) atoms. The second kappa shape index (κ2) is 172. The quantitative estimate of drug-likeness (QED) is 0.163. The minimum atomic E-state index is 0. The van der Waals surface area contributed by atoms with Crippen molar-refractivity contribution in [1.29, 1.82) is 0 Å². The van der Waals surface area contributed by atoms with Crippen molar-refractivity contribution in [1.82, 2.24) is 0 Å². The van der Waals surface area contributed by atoms with E-state index in [-0.39, 0.29) is 149 Å². The van der Waals surface area contributed by atoms with Crippen LogP contribution in [0.25, 0.3) is 0 Å². The predicted octanol–water partition coefficient (Wildman–Crippen LogP) is -6.19. The molecule has 0 saturated carbocycles. The third-order valence-corrected chi connectivity index (χ3v) is 0. The van der Waals surface area contributed by atoms with Gasteiger partial charge in [-0.3, -0.25) is 0 Å². The van der Waals surface area contributed by atoms with Gasteiger partial charge in [0.25, 0.3) is 0 Å². The van der Waals surface area contributed by atoms with E-state index < -0.39 is 0 Å². The number of hydrogen-bond donors (Lipinski definition) is 0. The van der Waals surface area contributed by atoms with Gasteiger partial charge in [-0.05, 0) is 0 Å². The molecule has 0 aliphatic heterocycles. The Bertz CT molecular complexity index is 95.2. The Morgan fingerprint density at radius 3 is 0.591 bits per heavy atom. The molecule has 0 heterocycles. The number of rotatable bonds is 0. The molecule has 15 heteroatoms. The van der Waals surface area contributed by atoms with Crippen LogP contribution in [-0.4, -0.2) is 259 Å². The van der Waals surface area contributed by atoms with Crippen LogP contribution in [-0.2, 0) is 14.2 Å². The van der Waals surface area contributed by atoms with E-state index >= 15 is 0 Å². The molecule has 0 aliphatic carbocycles. The van der Waals surface area contributed by atoms with E-state index in [1.807, 2.05) is 0 Å². The molecule has 0 unspecified atom stereocenters. The Kier molecular flexibility index (Phi) is 707. The van der Waals surface area contributed by atoms with Crippen molar-refractivity contribution in [3.63, 3.8) is 0 Å². The van der Waals surface area contributed by atoms with E-state index in [9.17, 15) is 0 Å². The molecule has 0 rings (SSSR count). The van der Waals surface area contributed by atoms with Gasteiger partial charge in [0.05, 0.1) is 0 Å². The topological polar surface area (TPSA) is 88.2 Å². The summed E-state index contributed by atoms with van der Waals surface area (Å²) in [6.45, 7) is 4.50. The van der Waals surface area contributed by atoms with Crippen molar-refractivity contribution in [2.75, 3.05) is 0 Å². The molecule has 0 fully saturated rings. The zero-order chi connectivity index (χ0) is 14.7. The minimum absolute atomic E-state index is 0. The number of hydrogen-bond acceptors (Lipinski definition) is 4. The van der Waals surface area contributed by atoms with Crippen molar-refractivity contribution in [3.05, 3.63) is 16.6 Å². The number of carbonyl (C=O) groups excluding carboxylic acids is 2. The summed E-state index contributed by atoms with van der Waals surface area (Å²) < 4.78 is 7.50. The Labute approximate surface area is 409 Å². The average molecular weight is 577 g/mol. The zero-order valence-electron chi connectivity index (χ0n) is 15.0. The summed E-state index contributed by atoms with van der Waals surface area (Å²) in [6, 6.07) is 0. The standard InChI is InChI=1S/CO2.CO.5CH4.10K.O2.2H/c2-1-3;1-2;;;;;;;;;;;;;;;;1-2;;/h;;5*1H4;;;;;;;;;;;;;/q;;;;;;;;;;;;;;;2*+1;;2*-1. The fraction of sp³-hybridized carbons (Fsp3) is 0.714. The van der Waals surface area contributed by atoms with Crippen molar-refractivity contribution >= 4 is 259 Å². The molecule has 90 valence electrons. The van der Waals surface area contributed by atoms with Crippen LogP contribution >= 0.6 is 0 Å². The van der Waals surface area contributed by atoms with Crippen LogP contribution in [0.4, 0.5) is 0 Å². The molecule has 0 atom stereocenters. The van der Waals surface area contributed by atoms with Crippen LogP contribution in [0.2, 0.25) is 0 Å². The first-order valence-corrected chi connectivity index (χ1v) is 68.8. The van der Waals surface area contributed by atoms with Crippen LogP contribution < -0.4 is 103 Å². The molecule has 0 aromatic rings. The van der Waals surface area contributed by atoms with Crippen LogP contribution in [0.15, 0.2) is 0 Å². The summed E-state index contributed by atoms with van der Waals surface area (Å²) in [7, 11) is 0. The normalized spacial score (nSPS) is 2.09. The zero-order valence-corrected chi connectivity index (χ0v) is 44.3. The van der Waals surface area contributed by atoms with Gasteiger partial charge in [-0.25, -0.2) is 0 Å². The van der Waals surface area contributed by atoms with Gasteiger partial charge in [0.15, 0.2) is 0 Å². The molecule has 0 aromatic carbocycles. The Hall–Kier alpha value is 15.1. The van der Waals surface area contributed by atoms with Crippen molar-refractivity contribution in [2.24, 2.45) is 0 Å². The summed E-state index contributed by atoms with van der Waals surface area (Å²) in [5.74, 6) is 0. The Balaban J connectivity index is -0.00000000210. The molecule has 0 amide bonds. The van der Waals surface area contributed by atoms with Gasteiger partial charge in [0.1, 0.15) is 0 Å². The summed E-state index contributed by atoms with van der Waals surface area (Å²) in [5.41, 5.74) is 0. The summed E-state index contributed by atoms with van der Waals surface area (Å²) >= 11 is 10.0. The fourth-order valence-electron chi connectivity index (χ4n) is 0. The third-order valence-electron chi connectivity index (χ3n) is 0. The average Bonchev–Trinajstić information content (AvgIpc) is 2.44. The molecule has 0 aliphatic rings. The van der Waals surface area contributed by atoms with Crippen molar-refractivity contribution < 1.29 is 120 Å². The van der Waals surface area contributed by atoms with Crippen LogP contribution in [0.5, 0.6) is 0 Å². The SMILES string of the molecule is C.C.C.C.C.O=C=O.O=O.[C-]#[O+].[H-].[H-].[K+].[K+].[K][K].[K][K].[K][K].[K][K]. The van der Waals surface area contributed by atoms with Crippen molar-refractivity contribution in [3.8, 4) is 0 Å². The second-order valence-corrected chi connectivity index (χ2v) is 0.0833. The summed E-state index contributed by atoms with van der Waals surface area (Å²) in [6.07, 6.45) is 0.250. The van der Waals surface area contributed by atoms with E-state index in [1.54, 1.807) is 0 Å². The van der Waals surface area contributed by atoms with E-state index in [0.717, 1.165) is 0 Å². The van der Waals surface area contributed by atoms with Gasteiger partial charge >= 0.3 is 373 Å². The summed E-state index contributed by atoms with van der Waals surface area (Å²) in [5, 5.41) is 0. The van der Waals surface area contributed by atoms with Crippen LogP contribution in [0.1, 0.15) is 40.0 Å². The molecule has 5 nitrogen and oxygen atoms in total. The first-order chi connectivity index (χ1) is 7.41. The Morgan fingerprint density at radius 2 is 0.591 bits per heavy atom. The summed E-state index contributed by atoms with van der Waals surface area (Å²) in [4.78, 5) is 30.2. The molecule has 0 saturated heterocycles. The predicted molar refractivity (Wildman–Crippen MR) is 97.6 cm³/mol. The molecule has 0 bridgehead atoms. The molecule has 0 spiro atoms. The van der Waals surface area contributed by atoms with Gasteiger partial charge in [-0.1, -0.05) is 37.1 Å². The van der Waals surface area contributed by atoms with Gasteiger partial charge < -0.3 is 2.85 Å². The van der Waals surface area contributed by atoms with E-state index in [0.29, 0.717) is 0 Å². The molecular formula is C7H22K10O5. The van der Waals surface area contributed by atoms with Crippen LogP contribution in [0, 0.1) is 16.6 Å². The van der Waals surface area contributed by atoms with E-state index in [2.05, 4.69) is 6.65 Å². The van der Waals surface area contributed by atoms with Crippen molar-refractivity contribution in [2.45, 2.75) is 37.1 Å². The van der Waals surface area contributed by atoms with Crippen LogP contribution in [0.3, 0.4) is 0 Å². The third kappa shape index (κ3) is 179. The van der Waals surface area contributed by atoms with E-state index in [1.165, 1.54) is 253 Å². The monoisotopic (exact) mass is 576 g/mol. The fourth-order valence-corrected chi connectivity index (χ4v) is 0. The first-order valence-electron chi connectivity index (χ1n) is 4.78. The maximum absolute atomic E-state index is 8.12. The van der Waals surface area contributed by atoms with E-state index in [4.69, 9.17) is 24.2 Å². The molecule has 0 N–H and O–H groups in total. The van der Waals surface area contributed by atoms with Gasteiger partial charge in [0, 0.05) is 9.93 Å². The molecule has 0 aromatic heterocycles. The van der Waals surface area contributed by atoms with Gasteiger partial charge in [-0.2, -0.15) is 9.59 Å². The molecule has 0 radical (unpaired) electrons. The maximum atomic E-state index is 8.12.